The first-order chi connectivity index (χ1) is 9.65. The largest absolute Gasteiger partial charge is 0.494 e. The number of aryl methyl sites for hydroxylation is 1. The molecule has 4 heteroatoms. The van der Waals surface area contributed by atoms with Gasteiger partial charge in [0.1, 0.15) is 17.4 Å². The van der Waals surface area contributed by atoms with Crippen LogP contribution in [-0.4, -0.2) is 16.6 Å². The topological polar surface area (TPSA) is 61.0 Å². The quantitative estimate of drug-likeness (QED) is 0.905. The van der Waals surface area contributed by atoms with Crippen LogP contribution in [0.2, 0.25) is 0 Å². The Morgan fingerprint density at radius 3 is 2.70 bits per heavy atom. The van der Waals surface area contributed by atoms with E-state index < -0.39 is 0 Å². The third-order valence-corrected chi connectivity index (χ3v) is 3.12. The van der Waals surface area contributed by atoms with Gasteiger partial charge in [0.15, 0.2) is 0 Å². The number of hydrogen-bond donors (Lipinski definition) is 1. The van der Waals surface area contributed by atoms with Crippen LogP contribution >= 0.6 is 0 Å². The zero-order valence-electron chi connectivity index (χ0n) is 12.3. The van der Waals surface area contributed by atoms with Gasteiger partial charge in [-0.25, -0.2) is 9.97 Å². The SMILES string of the molecule is CCCc1nc(N)c(C)c(-c2cccc(OCC)c2)n1. The van der Waals surface area contributed by atoms with Gasteiger partial charge in [0.25, 0.3) is 0 Å². The Labute approximate surface area is 120 Å². The lowest BCUT2D eigenvalue weighted by atomic mass is 10.1. The Bertz CT molecular complexity index is 596. The van der Waals surface area contributed by atoms with E-state index in [0.717, 1.165) is 41.2 Å². The van der Waals surface area contributed by atoms with Gasteiger partial charge in [0, 0.05) is 17.5 Å². The molecule has 1 aromatic carbocycles. The summed E-state index contributed by atoms with van der Waals surface area (Å²) in [7, 11) is 0. The molecule has 0 atom stereocenters. The molecule has 0 amide bonds. The molecular weight excluding hydrogens is 250 g/mol. The first-order valence-electron chi connectivity index (χ1n) is 7.02. The molecule has 2 rings (SSSR count). The predicted octanol–water partition coefficient (Wildman–Crippen LogP) is 3.39. The van der Waals surface area contributed by atoms with Gasteiger partial charge >= 0.3 is 0 Å². The van der Waals surface area contributed by atoms with E-state index in [-0.39, 0.29) is 0 Å². The van der Waals surface area contributed by atoms with Gasteiger partial charge in [0.05, 0.1) is 12.3 Å². The minimum atomic E-state index is 0.556. The van der Waals surface area contributed by atoms with Crippen molar-refractivity contribution < 1.29 is 4.74 Å². The van der Waals surface area contributed by atoms with Crippen molar-refractivity contribution in [3.05, 3.63) is 35.7 Å². The maximum atomic E-state index is 6.00. The summed E-state index contributed by atoms with van der Waals surface area (Å²) in [4.78, 5) is 8.99. The van der Waals surface area contributed by atoms with Crippen molar-refractivity contribution in [1.82, 2.24) is 9.97 Å². The second-order valence-electron chi connectivity index (χ2n) is 4.71. The van der Waals surface area contributed by atoms with Crippen LogP contribution < -0.4 is 10.5 Å². The molecule has 0 spiro atoms. The van der Waals surface area contributed by atoms with E-state index in [0.29, 0.717) is 12.4 Å². The fourth-order valence-electron chi connectivity index (χ4n) is 2.10. The normalized spacial score (nSPS) is 10.6. The van der Waals surface area contributed by atoms with Crippen molar-refractivity contribution >= 4 is 5.82 Å². The zero-order chi connectivity index (χ0) is 14.5. The molecule has 0 bridgehead atoms. The Kier molecular flexibility index (Phi) is 4.56. The molecular formula is C16H21N3O. The highest BCUT2D eigenvalue weighted by atomic mass is 16.5. The lowest BCUT2D eigenvalue weighted by Gasteiger charge is -2.11. The Morgan fingerprint density at radius 1 is 1.20 bits per heavy atom. The number of aromatic nitrogens is 2. The van der Waals surface area contributed by atoms with Crippen molar-refractivity contribution in [3.63, 3.8) is 0 Å². The summed E-state index contributed by atoms with van der Waals surface area (Å²) in [5, 5.41) is 0. The van der Waals surface area contributed by atoms with Gasteiger partial charge in [-0.3, -0.25) is 0 Å². The minimum absolute atomic E-state index is 0.556. The van der Waals surface area contributed by atoms with Gasteiger partial charge < -0.3 is 10.5 Å². The molecule has 2 aromatic rings. The molecule has 1 aromatic heterocycles. The number of hydrogen-bond acceptors (Lipinski definition) is 4. The monoisotopic (exact) mass is 271 g/mol. The number of nitrogen functional groups attached to an aromatic ring is 1. The maximum Gasteiger partial charge on any atom is 0.131 e. The molecule has 0 saturated heterocycles. The van der Waals surface area contributed by atoms with E-state index in [2.05, 4.69) is 16.9 Å². The van der Waals surface area contributed by atoms with Crippen LogP contribution in [0.1, 0.15) is 31.7 Å². The maximum absolute atomic E-state index is 6.00. The Balaban J connectivity index is 2.47. The van der Waals surface area contributed by atoms with Crippen molar-refractivity contribution in [2.45, 2.75) is 33.6 Å². The van der Waals surface area contributed by atoms with E-state index in [1.807, 2.05) is 38.1 Å². The summed E-state index contributed by atoms with van der Waals surface area (Å²) < 4.78 is 5.54. The van der Waals surface area contributed by atoms with E-state index in [9.17, 15) is 0 Å². The van der Waals surface area contributed by atoms with Crippen molar-refractivity contribution in [2.75, 3.05) is 12.3 Å². The molecule has 0 fully saturated rings. The standard InChI is InChI=1S/C16H21N3O/c1-4-7-14-18-15(11(3)16(17)19-14)12-8-6-9-13(10-12)20-5-2/h6,8-10H,4-5,7H2,1-3H3,(H2,17,18,19). The minimum Gasteiger partial charge on any atom is -0.494 e. The van der Waals surface area contributed by atoms with Gasteiger partial charge in [-0.15, -0.1) is 0 Å². The predicted molar refractivity (Wildman–Crippen MR) is 81.8 cm³/mol. The number of nitrogens with zero attached hydrogens (tertiary/aromatic N) is 2. The average molecular weight is 271 g/mol. The molecule has 4 nitrogen and oxygen atoms in total. The Morgan fingerprint density at radius 2 is 2.00 bits per heavy atom. The smallest absolute Gasteiger partial charge is 0.131 e. The molecule has 0 aliphatic heterocycles. The van der Waals surface area contributed by atoms with Crippen LogP contribution in [0.15, 0.2) is 24.3 Å². The average Bonchev–Trinajstić information content (AvgIpc) is 2.43. The zero-order valence-corrected chi connectivity index (χ0v) is 12.3. The summed E-state index contributed by atoms with van der Waals surface area (Å²) >= 11 is 0. The highest BCUT2D eigenvalue weighted by Gasteiger charge is 2.11. The van der Waals surface area contributed by atoms with E-state index >= 15 is 0 Å². The summed E-state index contributed by atoms with van der Waals surface area (Å²) in [5.41, 5.74) is 8.82. The number of anilines is 1. The summed E-state index contributed by atoms with van der Waals surface area (Å²) in [5.74, 6) is 2.20. The molecule has 0 aliphatic rings. The fourth-order valence-corrected chi connectivity index (χ4v) is 2.10. The molecule has 2 N–H and O–H groups in total. The highest BCUT2D eigenvalue weighted by Crippen LogP contribution is 2.27. The highest BCUT2D eigenvalue weighted by molar-refractivity contribution is 5.68. The van der Waals surface area contributed by atoms with Gasteiger partial charge in [0.2, 0.25) is 0 Å². The number of nitrogens with two attached hydrogens (primary N) is 1. The van der Waals surface area contributed by atoms with E-state index in [4.69, 9.17) is 10.5 Å². The van der Waals surface area contributed by atoms with Crippen LogP contribution in [0.25, 0.3) is 11.3 Å². The third-order valence-electron chi connectivity index (χ3n) is 3.12. The fraction of sp³-hybridized carbons (Fsp3) is 0.375. The molecule has 0 aliphatic carbocycles. The summed E-state index contributed by atoms with van der Waals surface area (Å²) in [6.07, 6.45) is 1.84. The van der Waals surface area contributed by atoms with Crippen LogP contribution in [0.4, 0.5) is 5.82 Å². The van der Waals surface area contributed by atoms with Gasteiger partial charge in [-0.1, -0.05) is 19.1 Å². The molecule has 20 heavy (non-hydrogen) atoms. The van der Waals surface area contributed by atoms with Crippen molar-refractivity contribution in [2.24, 2.45) is 0 Å². The second kappa shape index (κ2) is 6.37. The lowest BCUT2D eigenvalue weighted by Crippen LogP contribution is -2.05. The van der Waals surface area contributed by atoms with E-state index in [1.165, 1.54) is 0 Å². The summed E-state index contributed by atoms with van der Waals surface area (Å²) in [6, 6.07) is 7.93. The van der Waals surface area contributed by atoms with Gasteiger partial charge in [-0.05, 0) is 32.4 Å². The molecule has 106 valence electrons. The lowest BCUT2D eigenvalue weighted by molar-refractivity contribution is 0.340. The van der Waals surface area contributed by atoms with Crippen LogP contribution in [0.3, 0.4) is 0 Å². The van der Waals surface area contributed by atoms with Crippen molar-refractivity contribution in [3.8, 4) is 17.0 Å². The van der Waals surface area contributed by atoms with Crippen molar-refractivity contribution in [1.29, 1.82) is 0 Å². The van der Waals surface area contributed by atoms with Gasteiger partial charge in [-0.2, -0.15) is 0 Å². The van der Waals surface area contributed by atoms with Crippen LogP contribution in [-0.2, 0) is 6.42 Å². The molecule has 1 heterocycles. The first-order valence-corrected chi connectivity index (χ1v) is 7.02. The molecule has 0 saturated carbocycles. The van der Waals surface area contributed by atoms with Crippen LogP contribution in [0.5, 0.6) is 5.75 Å². The number of ether oxygens (including phenoxy) is 1. The number of benzene rings is 1. The molecule has 0 unspecified atom stereocenters. The van der Waals surface area contributed by atoms with Crippen LogP contribution in [0, 0.1) is 6.92 Å². The summed E-state index contributed by atoms with van der Waals surface area (Å²) in [6.45, 7) is 6.68. The Hall–Kier alpha value is -2.10. The first kappa shape index (κ1) is 14.3. The molecule has 0 radical (unpaired) electrons. The third kappa shape index (κ3) is 3.07. The van der Waals surface area contributed by atoms with E-state index in [1.54, 1.807) is 0 Å². The number of rotatable bonds is 5. The second-order valence-corrected chi connectivity index (χ2v) is 4.71.